The van der Waals surface area contributed by atoms with Crippen molar-refractivity contribution in [3.05, 3.63) is 17.3 Å². The maximum atomic E-state index is 10.4. The highest BCUT2D eigenvalue weighted by atomic mass is 35.5. The fourth-order valence-corrected chi connectivity index (χ4v) is 2.36. The summed E-state index contributed by atoms with van der Waals surface area (Å²) in [5.41, 5.74) is 5.65. The van der Waals surface area contributed by atoms with Gasteiger partial charge in [0.15, 0.2) is 5.82 Å². The number of anilines is 2. The Morgan fingerprint density at radius 2 is 2.22 bits per heavy atom. The molecule has 0 atom stereocenters. The first-order valence-electron chi connectivity index (χ1n) is 5.92. The van der Waals surface area contributed by atoms with E-state index in [1.807, 2.05) is 11.9 Å². The zero-order valence-corrected chi connectivity index (χ0v) is 11.2. The number of hydrogen-bond acceptors (Lipinski definition) is 5. The van der Waals surface area contributed by atoms with E-state index in [9.17, 15) is 5.11 Å². The van der Waals surface area contributed by atoms with Crippen molar-refractivity contribution in [2.75, 3.05) is 37.4 Å². The zero-order chi connectivity index (χ0) is 13.2. The Kier molecular flexibility index (Phi) is 3.94. The molecule has 1 aromatic rings. The lowest BCUT2D eigenvalue weighted by Gasteiger charge is -2.36. The molecule has 100 valence electrons. The van der Waals surface area contributed by atoms with Crippen molar-refractivity contribution < 1.29 is 9.84 Å². The molecule has 0 aliphatic carbocycles. The van der Waals surface area contributed by atoms with Crippen molar-refractivity contribution in [3.63, 3.8) is 0 Å². The van der Waals surface area contributed by atoms with E-state index in [2.05, 4.69) is 4.98 Å². The molecule has 5 nitrogen and oxygen atoms in total. The third-order valence-corrected chi connectivity index (χ3v) is 3.39. The van der Waals surface area contributed by atoms with Gasteiger partial charge in [-0.1, -0.05) is 11.6 Å². The molecule has 6 heteroatoms. The van der Waals surface area contributed by atoms with Gasteiger partial charge in [0.05, 0.1) is 16.3 Å². The first-order chi connectivity index (χ1) is 8.50. The minimum Gasteiger partial charge on any atom is -0.396 e. The summed E-state index contributed by atoms with van der Waals surface area (Å²) in [6, 6.07) is 1.66. The number of pyridine rings is 1. The molecular weight excluding hydrogens is 254 g/mol. The molecule has 0 saturated carbocycles. The smallest absolute Gasteiger partial charge is 0.151 e. The third kappa shape index (κ3) is 3.04. The normalized spacial score (nSPS) is 18.6. The van der Waals surface area contributed by atoms with Gasteiger partial charge in [-0.25, -0.2) is 4.98 Å². The van der Waals surface area contributed by atoms with Gasteiger partial charge < -0.3 is 20.5 Å². The molecule has 0 unspecified atom stereocenters. The fourth-order valence-electron chi connectivity index (χ4n) is 2.19. The van der Waals surface area contributed by atoms with Crippen LogP contribution in [-0.4, -0.2) is 42.5 Å². The number of halogens is 1. The van der Waals surface area contributed by atoms with Gasteiger partial charge in [-0.3, -0.25) is 0 Å². The number of ether oxygens (including phenoxy) is 1. The van der Waals surface area contributed by atoms with Crippen LogP contribution in [0.4, 0.5) is 11.5 Å². The molecule has 0 spiro atoms. The summed E-state index contributed by atoms with van der Waals surface area (Å²) in [5.74, 6) is 0.638. The lowest BCUT2D eigenvalue weighted by Crippen LogP contribution is -2.46. The van der Waals surface area contributed by atoms with Crippen LogP contribution in [0.5, 0.6) is 0 Å². The first kappa shape index (κ1) is 13.4. The topological polar surface area (TPSA) is 71.6 Å². The molecular formula is C12H18ClN3O2. The Morgan fingerprint density at radius 3 is 2.83 bits per heavy atom. The summed E-state index contributed by atoms with van der Waals surface area (Å²) in [4.78, 5) is 6.06. The maximum Gasteiger partial charge on any atom is 0.151 e. The lowest BCUT2D eigenvalue weighted by atomic mass is 9.94. The Bertz CT molecular complexity index is 422. The van der Waals surface area contributed by atoms with Crippen molar-refractivity contribution in [3.8, 4) is 0 Å². The Hall–Kier alpha value is -1.04. The monoisotopic (exact) mass is 271 g/mol. The van der Waals surface area contributed by atoms with Gasteiger partial charge in [-0.2, -0.15) is 0 Å². The van der Waals surface area contributed by atoms with Gasteiger partial charge in [0.2, 0.25) is 0 Å². The standard InChI is InChI=1S/C12H18ClN3O2/c1-16(8-12(17)2-4-18-5-3-12)11-10(14)6-9(13)7-15-11/h6-7,17H,2-5,8,14H2,1H3. The second-order valence-electron chi connectivity index (χ2n) is 4.76. The van der Waals surface area contributed by atoms with Crippen LogP contribution < -0.4 is 10.6 Å². The molecule has 3 N–H and O–H groups in total. The molecule has 0 amide bonds. The molecule has 1 saturated heterocycles. The highest BCUT2D eigenvalue weighted by molar-refractivity contribution is 6.30. The minimum atomic E-state index is -0.735. The van der Waals surface area contributed by atoms with Crippen molar-refractivity contribution in [2.45, 2.75) is 18.4 Å². The molecule has 1 fully saturated rings. The number of nitrogens with two attached hydrogens (primary N) is 1. The van der Waals surface area contributed by atoms with E-state index in [-0.39, 0.29) is 0 Å². The van der Waals surface area contributed by atoms with E-state index < -0.39 is 5.60 Å². The summed E-state index contributed by atoms with van der Waals surface area (Å²) in [5, 5.41) is 10.9. The van der Waals surface area contributed by atoms with E-state index in [4.69, 9.17) is 22.1 Å². The highest BCUT2D eigenvalue weighted by Gasteiger charge is 2.31. The number of aromatic nitrogens is 1. The van der Waals surface area contributed by atoms with E-state index in [0.29, 0.717) is 49.1 Å². The molecule has 2 rings (SSSR count). The van der Waals surface area contributed by atoms with Gasteiger partial charge in [-0.15, -0.1) is 0 Å². The molecule has 1 aliphatic heterocycles. The average molecular weight is 272 g/mol. The van der Waals surface area contributed by atoms with Gasteiger partial charge in [0, 0.05) is 45.8 Å². The van der Waals surface area contributed by atoms with Crippen molar-refractivity contribution in [1.82, 2.24) is 4.98 Å². The van der Waals surface area contributed by atoms with E-state index >= 15 is 0 Å². The fraction of sp³-hybridized carbons (Fsp3) is 0.583. The third-order valence-electron chi connectivity index (χ3n) is 3.18. The summed E-state index contributed by atoms with van der Waals surface area (Å²) < 4.78 is 5.26. The van der Waals surface area contributed by atoms with Crippen molar-refractivity contribution >= 4 is 23.1 Å². The molecule has 0 aromatic carbocycles. The Morgan fingerprint density at radius 1 is 1.56 bits per heavy atom. The Balaban J connectivity index is 2.08. The molecule has 1 aliphatic rings. The van der Waals surface area contributed by atoms with Crippen LogP contribution in [-0.2, 0) is 4.74 Å². The van der Waals surface area contributed by atoms with Crippen LogP contribution in [0.15, 0.2) is 12.3 Å². The predicted octanol–water partition coefficient (Wildman–Crippen LogP) is 1.29. The highest BCUT2D eigenvalue weighted by Crippen LogP contribution is 2.27. The second-order valence-corrected chi connectivity index (χ2v) is 5.20. The van der Waals surface area contributed by atoms with Gasteiger partial charge in [-0.05, 0) is 6.07 Å². The van der Waals surface area contributed by atoms with Crippen LogP contribution in [0.25, 0.3) is 0 Å². The van der Waals surface area contributed by atoms with Crippen molar-refractivity contribution in [1.29, 1.82) is 0 Å². The van der Waals surface area contributed by atoms with Gasteiger partial charge in [0.1, 0.15) is 0 Å². The number of rotatable bonds is 3. The van der Waals surface area contributed by atoms with Crippen LogP contribution in [0, 0.1) is 0 Å². The summed E-state index contributed by atoms with van der Waals surface area (Å²) in [6.45, 7) is 1.66. The quantitative estimate of drug-likeness (QED) is 0.867. The largest absolute Gasteiger partial charge is 0.396 e. The van der Waals surface area contributed by atoms with Crippen LogP contribution in [0.1, 0.15) is 12.8 Å². The van der Waals surface area contributed by atoms with Gasteiger partial charge in [0.25, 0.3) is 0 Å². The maximum absolute atomic E-state index is 10.4. The first-order valence-corrected chi connectivity index (χ1v) is 6.30. The second kappa shape index (κ2) is 5.30. The van der Waals surface area contributed by atoms with Crippen molar-refractivity contribution in [2.24, 2.45) is 0 Å². The Labute approximate surface area is 112 Å². The van der Waals surface area contributed by atoms with Crippen LogP contribution >= 0.6 is 11.6 Å². The number of nitrogen functional groups attached to an aromatic ring is 1. The van der Waals surface area contributed by atoms with Crippen LogP contribution in [0.3, 0.4) is 0 Å². The number of likely N-dealkylation sites (N-methyl/N-ethyl adjacent to an activating group) is 1. The summed E-state index contributed by atoms with van der Waals surface area (Å²) in [7, 11) is 1.86. The predicted molar refractivity (Wildman–Crippen MR) is 71.9 cm³/mol. The zero-order valence-electron chi connectivity index (χ0n) is 10.4. The molecule has 1 aromatic heterocycles. The number of aliphatic hydroxyl groups is 1. The molecule has 2 heterocycles. The SMILES string of the molecule is CN(CC1(O)CCOCC1)c1ncc(Cl)cc1N. The lowest BCUT2D eigenvalue weighted by molar-refractivity contribution is -0.0573. The molecule has 0 radical (unpaired) electrons. The van der Waals surface area contributed by atoms with Crippen LogP contribution in [0.2, 0.25) is 5.02 Å². The average Bonchev–Trinajstić information content (AvgIpc) is 2.28. The molecule has 18 heavy (non-hydrogen) atoms. The van der Waals surface area contributed by atoms with E-state index in [1.165, 1.54) is 0 Å². The van der Waals surface area contributed by atoms with Gasteiger partial charge >= 0.3 is 0 Å². The molecule has 0 bridgehead atoms. The minimum absolute atomic E-state index is 0.481. The van der Waals surface area contributed by atoms with E-state index in [0.717, 1.165) is 0 Å². The summed E-state index contributed by atoms with van der Waals surface area (Å²) in [6.07, 6.45) is 2.81. The van der Waals surface area contributed by atoms with E-state index in [1.54, 1.807) is 12.3 Å². The summed E-state index contributed by atoms with van der Waals surface area (Å²) >= 11 is 5.81. The number of nitrogens with zero attached hydrogens (tertiary/aromatic N) is 2. The number of hydrogen-bond donors (Lipinski definition) is 2.